The van der Waals surface area contributed by atoms with Crippen LogP contribution in [0.5, 0.6) is 0 Å². The second-order valence-electron chi connectivity index (χ2n) is 6.60. The third-order valence-corrected chi connectivity index (χ3v) is 5.49. The summed E-state index contributed by atoms with van der Waals surface area (Å²) in [6, 6.07) is 11.1. The normalized spacial score (nSPS) is 17.0. The Balaban J connectivity index is 1.52. The Bertz CT molecular complexity index is 902. The predicted molar refractivity (Wildman–Crippen MR) is 99.7 cm³/mol. The van der Waals surface area contributed by atoms with Gasteiger partial charge in [0.05, 0.1) is 0 Å². The van der Waals surface area contributed by atoms with Gasteiger partial charge in [-0.1, -0.05) is 28.1 Å². The molecule has 1 heterocycles. The van der Waals surface area contributed by atoms with Gasteiger partial charge in [-0.05, 0) is 61.6 Å². The van der Waals surface area contributed by atoms with Gasteiger partial charge in [-0.2, -0.15) is 0 Å². The number of benzene rings is 2. The molecule has 0 radical (unpaired) electrons. The van der Waals surface area contributed by atoms with E-state index in [2.05, 4.69) is 50.5 Å². The lowest BCUT2D eigenvalue weighted by Gasteiger charge is -2.24. The molecule has 130 valence electrons. The fourth-order valence-electron chi connectivity index (χ4n) is 3.71. The van der Waals surface area contributed by atoms with Gasteiger partial charge in [0.1, 0.15) is 0 Å². The van der Waals surface area contributed by atoms with Crippen molar-refractivity contribution in [3.63, 3.8) is 0 Å². The highest BCUT2D eigenvalue weighted by Crippen LogP contribution is 2.35. The maximum absolute atomic E-state index is 13.6. The van der Waals surface area contributed by atoms with E-state index >= 15 is 0 Å². The Morgan fingerprint density at radius 3 is 2.68 bits per heavy atom. The molecule has 1 unspecified atom stereocenters. The zero-order valence-electron chi connectivity index (χ0n) is 13.7. The average molecular weight is 405 g/mol. The largest absolute Gasteiger partial charge is 0.357 e. The molecule has 0 amide bonds. The predicted octanol–water partition coefficient (Wildman–Crippen LogP) is 5.42. The van der Waals surface area contributed by atoms with Crippen molar-refractivity contribution in [1.29, 1.82) is 0 Å². The van der Waals surface area contributed by atoms with Crippen LogP contribution >= 0.6 is 15.9 Å². The summed E-state index contributed by atoms with van der Waals surface area (Å²) in [6.07, 6.45) is 3.94. The average Bonchev–Trinajstić information content (AvgIpc) is 2.95. The van der Waals surface area contributed by atoms with Crippen LogP contribution in [0, 0.1) is 11.6 Å². The molecular formula is C20H19BrF2N2. The third-order valence-electron chi connectivity index (χ3n) is 4.97. The van der Waals surface area contributed by atoms with Gasteiger partial charge >= 0.3 is 0 Å². The van der Waals surface area contributed by atoms with Gasteiger partial charge in [0, 0.05) is 33.2 Å². The number of hydrogen-bond donors (Lipinski definition) is 2. The molecule has 1 aliphatic rings. The summed E-state index contributed by atoms with van der Waals surface area (Å²) in [5.41, 5.74) is 4.18. The molecule has 0 saturated carbocycles. The summed E-state index contributed by atoms with van der Waals surface area (Å²) in [7, 11) is 0. The number of aromatic nitrogens is 1. The Hall–Kier alpha value is -1.72. The highest BCUT2D eigenvalue weighted by Gasteiger charge is 2.24. The minimum atomic E-state index is -0.800. The first-order chi connectivity index (χ1) is 12.1. The zero-order valence-corrected chi connectivity index (χ0v) is 15.3. The van der Waals surface area contributed by atoms with Gasteiger partial charge in [-0.25, -0.2) is 8.78 Å². The third kappa shape index (κ3) is 3.35. The molecule has 0 spiro atoms. The van der Waals surface area contributed by atoms with Gasteiger partial charge in [0.2, 0.25) is 0 Å². The summed E-state index contributed by atoms with van der Waals surface area (Å²) in [6.45, 7) is 0.865. The van der Waals surface area contributed by atoms with E-state index in [-0.39, 0.29) is 6.04 Å². The molecule has 25 heavy (non-hydrogen) atoms. The van der Waals surface area contributed by atoms with Crippen LogP contribution in [0.1, 0.15) is 35.7 Å². The molecule has 0 fully saturated rings. The highest BCUT2D eigenvalue weighted by atomic mass is 79.9. The molecule has 0 bridgehead atoms. The monoisotopic (exact) mass is 404 g/mol. The zero-order chi connectivity index (χ0) is 17.4. The molecular weight excluding hydrogens is 386 g/mol. The van der Waals surface area contributed by atoms with Crippen molar-refractivity contribution in [1.82, 2.24) is 10.3 Å². The van der Waals surface area contributed by atoms with Crippen LogP contribution in [0.3, 0.4) is 0 Å². The summed E-state index contributed by atoms with van der Waals surface area (Å²) >= 11 is 3.45. The van der Waals surface area contributed by atoms with E-state index in [4.69, 9.17) is 0 Å². The van der Waals surface area contributed by atoms with Crippen molar-refractivity contribution in [3.05, 3.63) is 69.3 Å². The Labute approximate surface area is 153 Å². The number of H-pyrrole nitrogens is 1. The van der Waals surface area contributed by atoms with Crippen LogP contribution in [-0.2, 0) is 12.8 Å². The fraction of sp³-hybridized carbons (Fsp3) is 0.300. The van der Waals surface area contributed by atoms with Crippen LogP contribution in [0.25, 0.3) is 10.9 Å². The van der Waals surface area contributed by atoms with E-state index in [9.17, 15) is 8.78 Å². The smallest absolute Gasteiger partial charge is 0.160 e. The molecule has 2 nitrogen and oxygen atoms in total. The first kappa shape index (κ1) is 16.7. The van der Waals surface area contributed by atoms with Crippen molar-refractivity contribution in [2.75, 3.05) is 6.54 Å². The Morgan fingerprint density at radius 1 is 1.12 bits per heavy atom. The second kappa shape index (κ2) is 6.89. The summed E-state index contributed by atoms with van der Waals surface area (Å²) in [5, 5.41) is 4.41. The van der Waals surface area contributed by atoms with Crippen LogP contribution in [0.2, 0.25) is 0 Å². The van der Waals surface area contributed by atoms with Gasteiger partial charge in [-0.15, -0.1) is 0 Å². The van der Waals surface area contributed by atoms with Gasteiger partial charge < -0.3 is 10.3 Å². The molecule has 1 atom stereocenters. The van der Waals surface area contributed by atoms with E-state index in [1.807, 2.05) is 0 Å². The van der Waals surface area contributed by atoms with Crippen molar-refractivity contribution in [3.8, 4) is 0 Å². The lowest BCUT2D eigenvalue weighted by molar-refractivity contribution is 0.456. The lowest BCUT2D eigenvalue weighted by atomic mass is 9.91. The Morgan fingerprint density at radius 2 is 1.88 bits per heavy atom. The van der Waals surface area contributed by atoms with E-state index in [0.717, 1.165) is 53.3 Å². The minimum absolute atomic E-state index is 0.206. The lowest BCUT2D eigenvalue weighted by Crippen LogP contribution is -2.27. The van der Waals surface area contributed by atoms with Crippen molar-refractivity contribution < 1.29 is 8.78 Å². The summed E-state index contributed by atoms with van der Waals surface area (Å²) < 4.78 is 28.2. The first-order valence-electron chi connectivity index (χ1n) is 8.59. The van der Waals surface area contributed by atoms with Gasteiger partial charge in [-0.3, -0.25) is 0 Å². The molecule has 0 aliphatic heterocycles. The summed E-state index contributed by atoms with van der Waals surface area (Å²) in [4.78, 5) is 3.31. The number of aromatic amines is 1. The first-order valence-corrected chi connectivity index (χ1v) is 9.38. The molecule has 1 aromatic heterocycles. The van der Waals surface area contributed by atoms with Crippen molar-refractivity contribution in [2.45, 2.75) is 31.7 Å². The van der Waals surface area contributed by atoms with Crippen LogP contribution in [0.4, 0.5) is 8.78 Å². The highest BCUT2D eigenvalue weighted by molar-refractivity contribution is 9.10. The SMILES string of the molecule is Fc1cc2[nH]c3c(c2cc1F)CCCC3NCCc1ccc(Br)cc1. The van der Waals surface area contributed by atoms with E-state index < -0.39 is 11.6 Å². The maximum Gasteiger partial charge on any atom is 0.160 e. The molecule has 2 aromatic carbocycles. The van der Waals surface area contributed by atoms with Crippen LogP contribution < -0.4 is 5.32 Å². The minimum Gasteiger partial charge on any atom is -0.357 e. The van der Waals surface area contributed by atoms with Crippen LogP contribution in [-0.4, -0.2) is 11.5 Å². The number of aryl methyl sites for hydroxylation is 1. The van der Waals surface area contributed by atoms with Crippen LogP contribution in [0.15, 0.2) is 40.9 Å². The number of fused-ring (bicyclic) bond motifs is 3. The van der Waals surface area contributed by atoms with E-state index in [1.165, 1.54) is 17.7 Å². The molecule has 4 rings (SSSR count). The van der Waals surface area contributed by atoms with Gasteiger partial charge in [0.25, 0.3) is 0 Å². The number of hydrogen-bond acceptors (Lipinski definition) is 1. The molecule has 5 heteroatoms. The van der Waals surface area contributed by atoms with Gasteiger partial charge in [0.15, 0.2) is 11.6 Å². The second-order valence-corrected chi connectivity index (χ2v) is 7.52. The molecule has 1 aliphatic carbocycles. The topological polar surface area (TPSA) is 27.8 Å². The van der Waals surface area contributed by atoms with E-state index in [1.54, 1.807) is 0 Å². The maximum atomic E-state index is 13.6. The molecule has 0 saturated heterocycles. The fourth-order valence-corrected chi connectivity index (χ4v) is 3.97. The van der Waals surface area contributed by atoms with Crippen molar-refractivity contribution >= 4 is 26.8 Å². The number of nitrogens with one attached hydrogen (secondary N) is 2. The standard InChI is InChI=1S/C20H19BrF2N2/c21-13-6-4-12(5-7-13)8-9-24-18-3-1-2-14-15-10-16(22)17(23)11-19(15)25-20(14)18/h4-7,10-11,18,24-25H,1-3,8-9H2. The summed E-state index contributed by atoms with van der Waals surface area (Å²) in [5.74, 6) is -1.58. The Kier molecular flexibility index (Phi) is 4.61. The number of rotatable bonds is 4. The van der Waals surface area contributed by atoms with Crippen molar-refractivity contribution in [2.24, 2.45) is 0 Å². The number of halogens is 3. The molecule has 3 aromatic rings. The quantitative estimate of drug-likeness (QED) is 0.596. The van der Waals surface area contributed by atoms with E-state index in [0.29, 0.717) is 5.52 Å². The molecule has 2 N–H and O–H groups in total.